The number of hydrogen-bond donors (Lipinski definition) is 1. The van der Waals surface area contributed by atoms with Gasteiger partial charge in [0.05, 0.1) is 15.6 Å². The number of halogens is 2. The predicted octanol–water partition coefficient (Wildman–Crippen LogP) is 4.10. The van der Waals surface area contributed by atoms with Crippen molar-refractivity contribution in [1.82, 2.24) is 4.57 Å². The lowest BCUT2D eigenvalue weighted by molar-refractivity contribution is 0.274. The van der Waals surface area contributed by atoms with E-state index in [4.69, 9.17) is 4.42 Å². The van der Waals surface area contributed by atoms with Gasteiger partial charge in [-0.2, -0.15) is 0 Å². The van der Waals surface area contributed by atoms with E-state index in [-0.39, 0.29) is 6.61 Å². The van der Waals surface area contributed by atoms with E-state index >= 15 is 0 Å². The Kier molecular flexibility index (Phi) is 4.93. The molecule has 0 saturated carbocycles. The zero-order chi connectivity index (χ0) is 16.6. The van der Waals surface area contributed by atoms with Crippen molar-refractivity contribution in [2.24, 2.45) is 4.99 Å². The second-order valence-electron chi connectivity index (χ2n) is 5.21. The highest BCUT2D eigenvalue weighted by Crippen LogP contribution is 2.33. The molecule has 1 N–H and O–H groups in total. The van der Waals surface area contributed by atoms with E-state index in [1.54, 1.807) is 7.05 Å². The fourth-order valence-electron chi connectivity index (χ4n) is 2.68. The zero-order valence-electron chi connectivity index (χ0n) is 12.8. The molecule has 0 aliphatic carbocycles. The van der Waals surface area contributed by atoms with Gasteiger partial charge in [0.1, 0.15) is 11.2 Å². The fourth-order valence-corrected chi connectivity index (χ4v) is 3.78. The first kappa shape index (κ1) is 16.7. The number of aliphatic hydroxyl groups excluding tert-OH is 1. The zero-order valence-corrected chi connectivity index (χ0v) is 16.6. The van der Waals surface area contributed by atoms with E-state index < -0.39 is 0 Å². The average molecular weight is 487 g/mol. The van der Waals surface area contributed by atoms with Crippen LogP contribution >= 0.6 is 38.5 Å². The van der Waals surface area contributed by atoms with Crippen LogP contribution < -0.4 is 5.49 Å². The minimum Gasteiger partial charge on any atom is -0.455 e. The summed E-state index contributed by atoms with van der Waals surface area (Å²) >= 11 is 5.83. The molecule has 0 bridgehead atoms. The number of aromatic nitrogens is 1. The summed E-state index contributed by atoms with van der Waals surface area (Å²) < 4.78 is 10.1. The van der Waals surface area contributed by atoms with Crippen molar-refractivity contribution in [2.45, 2.75) is 13.5 Å². The van der Waals surface area contributed by atoms with Gasteiger partial charge in [-0.25, -0.2) is 0 Å². The van der Waals surface area contributed by atoms with Crippen LogP contribution in [0.3, 0.4) is 0 Å². The Morgan fingerprint density at radius 3 is 2.87 bits per heavy atom. The first-order valence-corrected chi connectivity index (χ1v) is 9.05. The molecule has 3 aromatic rings. The molecular weight excluding hydrogens is 471 g/mol. The van der Waals surface area contributed by atoms with Gasteiger partial charge >= 0.3 is 0 Å². The van der Waals surface area contributed by atoms with Crippen molar-refractivity contribution in [3.63, 3.8) is 0 Å². The molecule has 0 radical (unpaired) electrons. The van der Waals surface area contributed by atoms with Crippen LogP contribution in [0, 0.1) is 10.5 Å². The Morgan fingerprint density at radius 1 is 1.39 bits per heavy atom. The fraction of sp³-hybridized carbons (Fsp3) is 0.235. The number of aliphatic hydroxyl groups is 1. The second kappa shape index (κ2) is 6.78. The van der Waals surface area contributed by atoms with Crippen molar-refractivity contribution in [3.05, 3.63) is 49.6 Å². The van der Waals surface area contributed by atoms with Crippen LogP contribution in [0.2, 0.25) is 0 Å². The van der Waals surface area contributed by atoms with Crippen molar-refractivity contribution < 1.29 is 9.52 Å². The van der Waals surface area contributed by atoms with Crippen LogP contribution in [-0.2, 0) is 6.54 Å². The number of furan rings is 1. The lowest BCUT2D eigenvalue weighted by atomic mass is 10.1. The van der Waals surface area contributed by atoms with Crippen LogP contribution in [0.4, 0.5) is 0 Å². The van der Waals surface area contributed by atoms with Gasteiger partial charge < -0.3 is 14.1 Å². The molecule has 0 saturated heterocycles. The van der Waals surface area contributed by atoms with Crippen LogP contribution in [0.25, 0.3) is 22.3 Å². The Hall–Kier alpha value is -1.12. The van der Waals surface area contributed by atoms with E-state index in [2.05, 4.69) is 56.5 Å². The number of rotatable bonds is 3. The summed E-state index contributed by atoms with van der Waals surface area (Å²) in [7, 11) is 1.76. The predicted molar refractivity (Wildman–Crippen MR) is 103 cm³/mol. The molecule has 0 aliphatic heterocycles. The molecule has 6 heteroatoms. The van der Waals surface area contributed by atoms with Gasteiger partial charge in [-0.3, -0.25) is 4.99 Å². The Balaban J connectivity index is 2.31. The van der Waals surface area contributed by atoms with Crippen LogP contribution in [-0.4, -0.2) is 23.3 Å². The molecule has 0 aliphatic rings. The monoisotopic (exact) mass is 486 g/mol. The third-order valence-electron chi connectivity index (χ3n) is 3.82. The lowest BCUT2D eigenvalue weighted by Crippen LogP contribution is -2.23. The normalized spacial score (nSPS) is 12.3. The number of fused-ring (bicyclic) bond motifs is 1. The molecule has 3 rings (SSSR count). The maximum atomic E-state index is 9.26. The van der Waals surface area contributed by atoms with Gasteiger partial charge in [0.2, 0.25) is 0 Å². The maximum absolute atomic E-state index is 9.26. The molecular formula is C17H16BrIN2O2. The lowest BCUT2D eigenvalue weighted by Gasteiger charge is -2.06. The Labute approximate surface area is 156 Å². The highest BCUT2D eigenvalue weighted by atomic mass is 127. The van der Waals surface area contributed by atoms with Crippen molar-refractivity contribution >= 4 is 49.5 Å². The van der Waals surface area contributed by atoms with E-state index in [9.17, 15) is 5.11 Å². The minimum atomic E-state index is 0.0736. The minimum absolute atomic E-state index is 0.0736. The summed E-state index contributed by atoms with van der Waals surface area (Å²) in [5.74, 6) is 0.823. The number of hydrogen-bond acceptors (Lipinski definition) is 3. The molecule has 2 heterocycles. The second-order valence-corrected chi connectivity index (χ2v) is 7.22. The third-order valence-corrected chi connectivity index (χ3v) is 5.44. The topological polar surface area (TPSA) is 50.7 Å². The molecule has 0 spiro atoms. The highest BCUT2D eigenvalue weighted by Gasteiger charge is 2.15. The first-order chi connectivity index (χ1) is 11.1. The molecule has 0 fully saturated rings. The van der Waals surface area contributed by atoms with Gasteiger partial charge in [-0.1, -0.05) is 28.1 Å². The molecule has 4 nitrogen and oxygen atoms in total. The van der Waals surface area contributed by atoms with E-state index in [1.165, 1.54) is 0 Å². The van der Waals surface area contributed by atoms with Crippen molar-refractivity contribution in [2.75, 3.05) is 13.7 Å². The third kappa shape index (κ3) is 2.99. The maximum Gasteiger partial charge on any atom is 0.153 e. The van der Waals surface area contributed by atoms with Crippen LogP contribution in [0.5, 0.6) is 0 Å². The first-order valence-electron chi connectivity index (χ1n) is 7.18. The van der Waals surface area contributed by atoms with Gasteiger partial charge in [-0.05, 0) is 47.2 Å². The van der Waals surface area contributed by atoms with Crippen LogP contribution in [0.1, 0.15) is 5.56 Å². The van der Waals surface area contributed by atoms with E-state index in [0.717, 1.165) is 41.4 Å². The summed E-state index contributed by atoms with van der Waals surface area (Å²) in [6.45, 7) is 2.65. The summed E-state index contributed by atoms with van der Waals surface area (Å²) in [5.41, 5.74) is 3.84. The number of pyridine rings is 1. The average Bonchev–Trinajstić information content (AvgIpc) is 2.96. The molecule has 2 aromatic heterocycles. The summed E-state index contributed by atoms with van der Waals surface area (Å²) in [6, 6.07) is 8.10. The standard InChI is InChI=1S/C17H16BrIN2O2/c1-10-11(4-3-5-13(10)18)15-8-12-16(23-15)14(19)9-21(6-7-22)17(12)20-2/h3-5,8-9,22H,6-7H2,1-2H3/b20-17-. The molecule has 0 amide bonds. The molecule has 23 heavy (non-hydrogen) atoms. The van der Waals surface area contributed by atoms with Crippen molar-refractivity contribution in [3.8, 4) is 11.3 Å². The largest absolute Gasteiger partial charge is 0.455 e. The number of nitrogens with zero attached hydrogens (tertiary/aromatic N) is 2. The van der Waals surface area contributed by atoms with Crippen molar-refractivity contribution in [1.29, 1.82) is 0 Å². The SMILES string of the molecule is C/N=c1/c2cc(-c3cccc(Br)c3C)oc2c(I)cn1CCO. The quantitative estimate of drug-likeness (QED) is 0.566. The van der Waals surface area contributed by atoms with Gasteiger partial charge in [0.25, 0.3) is 0 Å². The van der Waals surface area contributed by atoms with Gasteiger partial charge in [0.15, 0.2) is 5.58 Å². The van der Waals surface area contributed by atoms with Crippen LogP contribution in [0.15, 0.2) is 44.3 Å². The Bertz CT molecular complexity index is 944. The van der Waals surface area contributed by atoms with E-state index in [1.807, 2.05) is 29.0 Å². The molecule has 1 aromatic carbocycles. The summed E-state index contributed by atoms with van der Waals surface area (Å²) in [6.07, 6.45) is 1.96. The summed E-state index contributed by atoms with van der Waals surface area (Å²) in [5, 5.41) is 10.2. The Morgan fingerprint density at radius 2 is 2.17 bits per heavy atom. The molecule has 0 unspecified atom stereocenters. The number of benzene rings is 1. The molecule has 120 valence electrons. The van der Waals surface area contributed by atoms with Gasteiger partial charge in [-0.15, -0.1) is 0 Å². The summed E-state index contributed by atoms with van der Waals surface area (Å²) in [4.78, 5) is 4.38. The molecule has 0 atom stereocenters. The highest BCUT2D eigenvalue weighted by molar-refractivity contribution is 14.1. The smallest absolute Gasteiger partial charge is 0.153 e. The van der Waals surface area contributed by atoms with Gasteiger partial charge in [0, 0.05) is 29.8 Å². The van der Waals surface area contributed by atoms with E-state index in [0.29, 0.717) is 6.54 Å².